The Kier molecular flexibility index (Phi) is 3.16. The minimum atomic E-state index is -0.165. The second kappa shape index (κ2) is 4.00. The van der Waals surface area contributed by atoms with Gasteiger partial charge in [-0.2, -0.15) is 0 Å². The first-order valence-electron chi connectivity index (χ1n) is 4.40. The second-order valence-corrected chi connectivity index (χ2v) is 4.46. The van der Waals surface area contributed by atoms with E-state index in [9.17, 15) is 0 Å². The summed E-state index contributed by atoms with van der Waals surface area (Å²) >= 11 is 4.08. The van der Waals surface area contributed by atoms with E-state index in [2.05, 4.69) is 17.6 Å². The van der Waals surface area contributed by atoms with E-state index in [1.165, 1.54) is 0 Å². The van der Waals surface area contributed by atoms with E-state index >= 15 is 0 Å². The van der Waals surface area contributed by atoms with Crippen molar-refractivity contribution in [1.29, 1.82) is 5.41 Å². The second-order valence-electron chi connectivity index (χ2n) is 4.04. The van der Waals surface area contributed by atoms with Gasteiger partial charge in [0.05, 0.1) is 11.9 Å². The molecule has 14 heavy (non-hydrogen) atoms. The molecule has 0 unspecified atom stereocenters. The van der Waals surface area contributed by atoms with Gasteiger partial charge in [0.15, 0.2) is 5.17 Å². The SMILES string of the molecule is CC(C)(C)N(C(=N)S)c1cccnc1. The van der Waals surface area contributed by atoms with Crippen LogP contribution in [0, 0.1) is 5.41 Å². The van der Waals surface area contributed by atoms with E-state index < -0.39 is 0 Å². The van der Waals surface area contributed by atoms with Crippen LogP contribution in [0.4, 0.5) is 5.69 Å². The van der Waals surface area contributed by atoms with Gasteiger partial charge in [-0.15, -0.1) is 12.6 Å². The topological polar surface area (TPSA) is 40.0 Å². The molecule has 0 aliphatic heterocycles. The molecule has 3 nitrogen and oxygen atoms in total. The normalized spacial score (nSPS) is 11.1. The Bertz CT molecular complexity index is 316. The largest absolute Gasteiger partial charge is 0.315 e. The zero-order valence-electron chi connectivity index (χ0n) is 8.65. The summed E-state index contributed by atoms with van der Waals surface area (Å²) in [6.45, 7) is 6.10. The minimum Gasteiger partial charge on any atom is -0.315 e. The van der Waals surface area contributed by atoms with Gasteiger partial charge in [-0.1, -0.05) is 0 Å². The van der Waals surface area contributed by atoms with Crippen LogP contribution in [-0.4, -0.2) is 15.7 Å². The van der Waals surface area contributed by atoms with Gasteiger partial charge in [-0.25, -0.2) is 0 Å². The fraction of sp³-hybridized carbons (Fsp3) is 0.400. The first-order valence-corrected chi connectivity index (χ1v) is 4.85. The Hall–Kier alpha value is -1.03. The third-order valence-corrected chi connectivity index (χ3v) is 1.99. The molecule has 1 heterocycles. The smallest absolute Gasteiger partial charge is 0.158 e. The highest BCUT2D eigenvalue weighted by Gasteiger charge is 2.23. The monoisotopic (exact) mass is 209 g/mol. The summed E-state index contributed by atoms with van der Waals surface area (Å²) in [5.74, 6) is 0. The predicted molar refractivity (Wildman–Crippen MR) is 63.2 cm³/mol. The third-order valence-electron chi connectivity index (χ3n) is 1.79. The molecule has 0 aromatic carbocycles. The van der Waals surface area contributed by atoms with Gasteiger partial charge in [-0.05, 0) is 32.9 Å². The van der Waals surface area contributed by atoms with Crippen LogP contribution in [0.2, 0.25) is 0 Å². The van der Waals surface area contributed by atoms with E-state index in [0.29, 0.717) is 0 Å². The number of hydrogen-bond acceptors (Lipinski definition) is 2. The Morgan fingerprint density at radius 2 is 2.14 bits per heavy atom. The summed E-state index contributed by atoms with van der Waals surface area (Å²) in [5.41, 5.74) is 0.724. The lowest BCUT2D eigenvalue weighted by Gasteiger charge is -2.35. The number of thiol groups is 1. The maximum Gasteiger partial charge on any atom is 0.158 e. The lowest BCUT2D eigenvalue weighted by Crippen LogP contribution is -2.43. The zero-order valence-corrected chi connectivity index (χ0v) is 9.55. The van der Waals surface area contributed by atoms with Gasteiger partial charge in [0.2, 0.25) is 0 Å². The highest BCUT2D eigenvalue weighted by Crippen LogP contribution is 2.23. The van der Waals surface area contributed by atoms with E-state index in [0.717, 1.165) is 5.69 Å². The molecule has 76 valence electrons. The average Bonchev–Trinajstić information content (AvgIpc) is 2.02. The molecule has 0 saturated heterocycles. The van der Waals surface area contributed by atoms with Crippen molar-refractivity contribution in [2.75, 3.05) is 4.90 Å². The van der Waals surface area contributed by atoms with Gasteiger partial charge in [-0.3, -0.25) is 10.4 Å². The fourth-order valence-corrected chi connectivity index (χ4v) is 1.73. The van der Waals surface area contributed by atoms with Gasteiger partial charge in [0, 0.05) is 11.7 Å². The van der Waals surface area contributed by atoms with Crippen LogP contribution >= 0.6 is 12.6 Å². The van der Waals surface area contributed by atoms with Gasteiger partial charge >= 0.3 is 0 Å². The van der Waals surface area contributed by atoms with Gasteiger partial charge in [0.25, 0.3) is 0 Å². The molecule has 0 aliphatic rings. The summed E-state index contributed by atoms with van der Waals surface area (Å²) in [6.07, 6.45) is 3.45. The number of pyridine rings is 1. The highest BCUT2D eigenvalue weighted by molar-refractivity contribution is 7.97. The summed E-state index contributed by atoms with van der Waals surface area (Å²) in [5, 5.41) is 7.83. The number of amidine groups is 1. The molecule has 0 aliphatic carbocycles. The number of nitrogens with zero attached hydrogens (tertiary/aromatic N) is 2. The first kappa shape index (κ1) is 11.0. The molecule has 0 saturated carbocycles. The predicted octanol–water partition coefficient (Wildman–Crippen LogP) is 2.55. The average molecular weight is 209 g/mol. The van der Waals surface area contributed by atoms with Crippen LogP contribution < -0.4 is 4.90 Å². The summed E-state index contributed by atoms with van der Waals surface area (Å²) in [6, 6.07) is 3.77. The molecule has 0 radical (unpaired) electrons. The van der Waals surface area contributed by atoms with Crippen LogP contribution in [0.1, 0.15) is 20.8 Å². The van der Waals surface area contributed by atoms with Gasteiger partial charge < -0.3 is 4.90 Å². The quantitative estimate of drug-likeness (QED) is 0.424. The number of hydrogen-bond donors (Lipinski definition) is 2. The van der Waals surface area contributed by atoms with E-state index in [1.54, 1.807) is 12.4 Å². The number of aromatic nitrogens is 1. The van der Waals surface area contributed by atoms with Crippen molar-refractivity contribution >= 4 is 23.5 Å². The zero-order chi connectivity index (χ0) is 10.8. The van der Waals surface area contributed by atoms with Gasteiger partial charge in [0.1, 0.15) is 0 Å². The summed E-state index contributed by atoms with van der Waals surface area (Å²) in [7, 11) is 0. The highest BCUT2D eigenvalue weighted by atomic mass is 32.1. The Morgan fingerprint density at radius 3 is 2.50 bits per heavy atom. The molecule has 0 atom stereocenters. The molecule has 4 heteroatoms. The molecular formula is C10H15N3S. The number of nitrogens with one attached hydrogen (secondary N) is 1. The van der Waals surface area contributed by atoms with Crippen molar-refractivity contribution in [3.8, 4) is 0 Å². The molecule has 1 N–H and O–H groups in total. The van der Waals surface area contributed by atoms with Crippen molar-refractivity contribution in [1.82, 2.24) is 4.98 Å². The van der Waals surface area contributed by atoms with E-state index in [-0.39, 0.29) is 10.7 Å². The lowest BCUT2D eigenvalue weighted by atomic mass is 10.1. The first-order chi connectivity index (χ1) is 6.43. The third kappa shape index (κ3) is 2.48. The Morgan fingerprint density at radius 1 is 1.50 bits per heavy atom. The van der Waals surface area contributed by atoms with Crippen LogP contribution in [-0.2, 0) is 0 Å². The van der Waals surface area contributed by atoms with Crippen LogP contribution in [0.3, 0.4) is 0 Å². The summed E-state index contributed by atoms with van der Waals surface area (Å²) < 4.78 is 0. The van der Waals surface area contributed by atoms with E-state index in [1.807, 2.05) is 37.8 Å². The standard InChI is InChI=1S/C10H15N3S/c1-10(2,3)13(9(11)14)8-5-4-6-12-7-8/h4-7H,1-3H3,(H2,11,14). The molecule has 0 spiro atoms. The fourth-order valence-electron chi connectivity index (χ4n) is 1.31. The van der Waals surface area contributed by atoms with E-state index in [4.69, 9.17) is 5.41 Å². The van der Waals surface area contributed by atoms with Crippen molar-refractivity contribution in [2.45, 2.75) is 26.3 Å². The minimum absolute atomic E-state index is 0.165. The molecule has 0 bridgehead atoms. The van der Waals surface area contributed by atoms with Crippen molar-refractivity contribution < 1.29 is 0 Å². The number of rotatable bonds is 1. The van der Waals surface area contributed by atoms with Crippen LogP contribution in [0.5, 0.6) is 0 Å². The summed E-state index contributed by atoms with van der Waals surface area (Å²) in [4.78, 5) is 5.85. The molecular weight excluding hydrogens is 194 g/mol. The molecule has 0 amide bonds. The van der Waals surface area contributed by atoms with Crippen LogP contribution in [0.25, 0.3) is 0 Å². The van der Waals surface area contributed by atoms with Crippen molar-refractivity contribution in [3.05, 3.63) is 24.5 Å². The van der Waals surface area contributed by atoms with Crippen LogP contribution in [0.15, 0.2) is 24.5 Å². The maximum absolute atomic E-state index is 7.61. The maximum atomic E-state index is 7.61. The number of anilines is 1. The molecule has 1 aromatic heterocycles. The van der Waals surface area contributed by atoms with Crippen molar-refractivity contribution in [3.63, 3.8) is 0 Å². The van der Waals surface area contributed by atoms with Crippen molar-refractivity contribution in [2.24, 2.45) is 0 Å². The Labute approximate surface area is 90.1 Å². The lowest BCUT2D eigenvalue weighted by molar-refractivity contribution is 0.573. The molecule has 1 aromatic rings. The molecule has 1 rings (SSSR count). The Balaban J connectivity index is 3.08. The molecule has 0 fully saturated rings.